The lowest BCUT2D eigenvalue weighted by Crippen LogP contribution is -1.84. The molecule has 2 aromatic rings. The quantitative estimate of drug-likeness (QED) is 0.829. The Kier molecular flexibility index (Phi) is 3.36. The van der Waals surface area contributed by atoms with Gasteiger partial charge in [-0.05, 0) is 35.4 Å². The van der Waals surface area contributed by atoms with E-state index in [1.54, 1.807) is 30.3 Å². The van der Waals surface area contributed by atoms with Crippen LogP contribution in [-0.2, 0) is 0 Å². The highest BCUT2D eigenvalue weighted by atomic mass is 35.5. The monoisotopic (exact) mass is 266 g/mol. The molecule has 2 nitrogen and oxygen atoms in total. The first kappa shape index (κ1) is 12.0. The molecule has 0 atom stereocenters. The number of rotatable bonds is 2. The molecule has 0 aromatic heterocycles. The third-order valence-corrected chi connectivity index (χ3v) is 3.15. The maximum absolute atomic E-state index is 10.7. The summed E-state index contributed by atoms with van der Waals surface area (Å²) in [6.45, 7) is 0. The van der Waals surface area contributed by atoms with E-state index in [2.05, 4.69) is 0 Å². The Bertz CT molecular complexity index is 580. The van der Waals surface area contributed by atoms with Crippen molar-refractivity contribution in [2.75, 3.05) is 0 Å². The minimum absolute atomic E-state index is 0.0381. The van der Waals surface area contributed by atoms with Crippen LogP contribution in [0.25, 0.3) is 11.1 Å². The van der Waals surface area contributed by atoms with Crippen LogP contribution in [0.5, 0.6) is 5.75 Å². The lowest BCUT2D eigenvalue weighted by atomic mass is 10.0. The molecule has 0 heterocycles. The van der Waals surface area contributed by atoms with Crippen LogP contribution in [0.3, 0.4) is 0 Å². The zero-order valence-corrected chi connectivity index (χ0v) is 10.2. The third kappa shape index (κ3) is 2.43. The molecule has 0 aliphatic heterocycles. The van der Waals surface area contributed by atoms with Crippen molar-refractivity contribution in [1.29, 1.82) is 0 Å². The van der Waals surface area contributed by atoms with E-state index < -0.39 is 0 Å². The van der Waals surface area contributed by atoms with Gasteiger partial charge in [0, 0.05) is 0 Å². The van der Waals surface area contributed by atoms with Gasteiger partial charge in [0.15, 0.2) is 6.29 Å². The summed E-state index contributed by atoms with van der Waals surface area (Å²) in [5, 5.41) is 10.3. The first-order valence-corrected chi connectivity index (χ1v) is 5.61. The number of phenols is 1. The van der Waals surface area contributed by atoms with E-state index in [1.807, 2.05) is 0 Å². The van der Waals surface area contributed by atoms with Crippen LogP contribution in [0.4, 0.5) is 0 Å². The van der Waals surface area contributed by atoms with Gasteiger partial charge in [-0.25, -0.2) is 0 Å². The second-order valence-electron chi connectivity index (χ2n) is 3.52. The van der Waals surface area contributed by atoms with Gasteiger partial charge in [0.05, 0.1) is 15.6 Å². The van der Waals surface area contributed by atoms with E-state index in [0.29, 0.717) is 16.3 Å². The van der Waals surface area contributed by atoms with Gasteiger partial charge >= 0.3 is 0 Å². The molecule has 0 radical (unpaired) electrons. The number of hydrogen-bond donors (Lipinski definition) is 1. The van der Waals surface area contributed by atoms with Gasteiger partial charge in [-0.3, -0.25) is 4.79 Å². The highest BCUT2D eigenvalue weighted by Gasteiger charge is 2.05. The normalized spacial score (nSPS) is 10.2. The van der Waals surface area contributed by atoms with E-state index in [0.717, 1.165) is 11.1 Å². The Morgan fingerprint density at radius 1 is 0.941 bits per heavy atom. The molecule has 17 heavy (non-hydrogen) atoms. The molecule has 0 saturated heterocycles. The molecular weight excluding hydrogens is 259 g/mol. The van der Waals surface area contributed by atoms with Crippen LogP contribution in [0.15, 0.2) is 36.4 Å². The molecule has 0 aliphatic carbocycles. The summed E-state index contributed by atoms with van der Waals surface area (Å²) in [4.78, 5) is 10.7. The third-order valence-electron chi connectivity index (χ3n) is 2.41. The standard InChI is InChI=1S/C13H8Cl2O2/c14-11-3-1-9(6-12(11)15)8-2-4-13(17)10(5-8)7-16/h1-7,17H. The largest absolute Gasteiger partial charge is 0.507 e. The second-order valence-corrected chi connectivity index (χ2v) is 4.33. The highest BCUT2D eigenvalue weighted by Crippen LogP contribution is 2.30. The van der Waals surface area contributed by atoms with E-state index in [9.17, 15) is 9.90 Å². The van der Waals surface area contributed by atoms with E-state index in [1.165, 1.54) is 6.07 Å². The summed E-state index contributed by atoms with van der Waals surface area (Å²) in [6.07, 6.45) is 0.607. The van der Waals surface area contributed by atoms with Crippen LogP contribution >= 0.6 is 23.2 Å². The van der Waals surface area contributed by atoms with Gasteiger partial charge < -0.3 is 5.11 Å². The Morgan fingerprint density at radius 3 is 2.24 bits per heavy atom. The van der Waals surface area contributed by atoms with Crippen molar-refractivity contribution in [3.8, 4) is 16.9 Å². The summed E-state index contributed by atoms with van der Waals surface area (Å²) in [7, 11) is 0. The number of benzene rings is 2. The van der Waals surface area contributed by atoms with Crippen molar-refractivity contribution in [1.82, 2.24) is 0 Å². The van der Waals surface area contributed by atoms with Crippen LogP contribution in [0.1, 0.15) is 10.4 Å². The van der Waals surface area contributed by atoms with E-state index in [4.69, 9.17) is 23.2 Å². The molecule has 0 amide bonds. The highest BCUT2D eigenvalue weighted by molar-refractivity contribution is 6.42. The number of aldehydes is 1. The second kappa shape index (κ2) is 4.78. The van der Waals surface area contributed by atoms with Crippen molar-refractivity contribution >= 4 is 29.5 Å². The maximum Gasteiger partial charge on any atom is 0.153 e. The molecule has 4 heteroatoms. The van der Waals surface area contributed by atoms with Gasteiger partial charge in [0.25, 0.3) is 0 Å². The van der Waals surface area contributed by atoms with Crippen LogP contribution in [0.2, 0.25) is 10.0 Å². The van der Waals surface area contributed by atoms with E-state index >= 15 is 0 Å². The summed E-state index contributed by atoms with van der Waals surface area (Å²) in [5.41, 5.74) is 1.87. The average molecular weight is 267 g/mol. The van der Waals surface area contributed by atoms with Gasteiger partial charge in [-0.2, -0.15) is 0 Å². The van der Waals surface area contributed by atoms with Crippen molar-refractivity contribution in [2.24, 2.45) is 0 Å². The number of aromatic hydroxyl groups is 1. The number of phenolic OH excluding ortho intramolecular Hbond substituents is 1. The molecule has 0 fully saturated rings. The Balaban J connectivity index is 2.52. The Morgan fingerprint density at radius 2 is 1.59 bits per heavy atom. The van der Waals surface area contributed by atoms with Gasteiger partial charge in [0.2, 0.25) is 0 Å². The smallest absolute Gasteiger partial charge is 0.153 e. The zero-order valence-electron chi connectivity index (χ0n) is 8.65. The Labute approximate surface area is 108 Å². The minimum atomic E-state index is -0.0381. The molecule has 0 aliphatic rings. The van der Waals surface area contributed by atoms with Crippen LogP contribution < -0.4 is 0 Å². The lowest BCUT2D eigenvalue weighted by Gasteiger charge is -2.05. The fourth-order valence-electron chi connectivity index (χ4n) is 1.50. The fourth-order valence-corrected chi connectivity index (χ4v) is 1.80. The summed E-state index contributed by atoms with van der Waals surface area (Å²) in [5.74, 6) is -0.0381. The van der Waals surface area contributed by atoms with Crippen LogP contribution in [-0.4, -0.2) is 11.4 Å². The predicted octanol–water partition coefficient (Wildman–Crippen LogP) is 4.18. The zero-order chi connectivity index (χ0) is 12.4. The van der Waals surface area contributed by atoms with Crippen molar-refractivity contribution in [3.05, 3.63) is 52.0 Å². The van der Waals surface area contributed by atoms with Crippen molar-refractivity contribution < 1.29 is 9.90 Å². The predicted molar refractivity (Wildman–Crippen MR) is 69.0 cm³/mol. The fraction of sp³-hybridized carbons (Fsp3) is 0. The van der Waals surface area contributed by atoms with Gasteiger partial charge in [-0.1, -0.05) is 35.3 Å². The maximum atomic E-state index is 10.7. The van der Waals surface area contributed by atoms with Gasteiger partial charge in [0.1, 0.15) is 5.75 Å². The lowest BCUT2D eigenvalue weighted by molar-refractivity contribution is 0.112. The first-order chi connectivity index (χ1) is 8.11. The van der Waals surface area contributed by atoms with E-state index in [-0.39, 0.29) is 11.3 Å². The number of hydrogen-bond acceptors (Lipinski definition) is 2. The molecule has 2 aromatic carbocycles. The van der Waals surface area contributed by atoms with Crippen molar-refractivity contribution in [2.45, 2.75) is 0 Å². The van der Waals surface area contributed by atoms with Gasteiger partial charge in [-0.15, -0.1) is 0 Å². The number of carbonyl (C=O) groups is 1. The molecule has 0 unspecified atom stereocenters. The topological polar surface area (TPSA) is 37.3 Å². The SMILES string of the molecule is O=Cc1cc(-c2ccc(Cl)c(Cl)c2)ccc1O. The number of carbonyl (C=O) groups excluding carboxylic acids is 1. The number of halogens is 2. The molecule has 1 N–H and O–H groups in total. The minimum Gasteiger partial charge on any atom is -0.507 e. The molecule has 2 rings (SSSR count). The summed E-state index contributed by atoms with van der Waals surface area (Å²) in [6, 6.07) is 9.98. The molecule has 0 spiro atoms. The Hall–Kier alpha value is -1.51. The molecule has 86 valence electrons. The van der Waals surface area contributed by atoms with Crippen LogP contribution in [0, 0.1) is 0 Å². The molecular formula is C13H8Cl2O2. The summed E-state index contributed by atoms with van der Waals surface area (Å²) >= 11 is 11.7. The molecule has 0 bridgehead atoms. The average Bonchev–Trinajstić information content (AvgIpc) is 2.33. The molecule has 0 saturated carbocycles. The summed E-state index contributed by atoms with van der Waals surface area (Å²) < 4.78 is 0. The first-order valence-electron chi connectivity index (χ1n) is 4.85. The van der Waals surface area contributed by atoms with Crippen molar-refractivity contribution in [3.63, 3.8) is 0 Å².